The summed E-state index contributed by atoms with van der Waals surface area (Å²) in [4.78, 5) is 24.1. The predicted octanol–water partition coefficient (Wildman–Crippen LogP) is 1.65. The van der Waals surface area contributed by atoms with Crippen LogP contribution in [0.5, 0.6) is 0 Å². The number of rotatable bonds is 2. The first-order chi connectivity index (χ1) is 12.5. The maximum absolute atomic E-state index is 16.7. The van der Waals surface area contributed by atoms with Gasteiger partial charge in [0.15, 0.2) is 17.2 Å². The lowest BCUT2D eigenvalue weighted by molar-refractivity contribution is -0.217. The van der Waals surface area contributed by atoms with Gasteiger partial charge in [-0.05, 0) is 57.1 Å². The lowest BCUT2D eigenvalue weighted by atomic mass is 9.44. The monoisotopic (exact) mass is 378 g/mol. The lowest BCUT2D eigenvalue weighted by Gasteiger charge is -2.62. The van der Waals surface area contributed by atoms with E-state index in [1.807, 2.05) is 0 Å². The Labute approximate surface area is 158 Å². The Morgan fingerprint density at radius 2 is 2.00 bits per heavy atom. The van der Waals surface area contributed by atoms with Gasteiger partial charge in [-0.25, -0.2) is 4.39 Å². The number of fused-ring (bicyclic) bond motifs is 5. The molecule has 0 amide bonds. The van der Waals surface area contributed by atoms with Gasteiger partial charge in [-0.2, -0.15) is 0 Å². The van der Waals surface area contributed by atoms with Crippen molar-refractivity contribution in [3.05, 3.63) is 23.8 Å². The van der Waals surface area contributed by atoms with Crippen LogP contribution in [0, 0.1) is 22.7 Å². The number of carbonyl (C=O) groups is 2. The maximum atomic E-state index is 16.7. The Bertz CT molecular complexity index is 775. The molecule has 0 aromatic heterocycles. The van der Waals surface area contributed by atoms with Crippen LogP contribution >= 0.6 is 0 Å². The van der Waals surface area contributed by atoms with Crippen molar-refractivity contribution in [2.75, 3.05) is 6.61 Å². The number of carbonyl (C=O) groups excluding carboxylic acids is 2. The Morgan fingerprint density at radius 1 is 1.30 bits per heavy atom. The normalized spacial score (nSPS) is 51.3. The van der Waals surface area contributed by atoms with E-state index < -0.39 is 46.5 Å². The Balaban J connectivity index is 1.81. The van der Waals surface area contributed by atoms with Gasteiger partial charge in [0.25, 0.3) is 0 Å². The number of alkyl halides is 1. The molecule has 27 heavy (non-hydrogen) atoms. The predicted molar refractivity (Wildman–Crippen MR) is 95.4 cm³/mol. The van der Waals surface area contributed by atoms with Crippen molar-refractivity contribution in [3.8, 4) is 0 Å². The van der Waals surface area contributed by atoms with Crippen molar-refractivity contribution in [1.82, 2.24) is 0 Å². The Morgan fingerprint density at radius 3 is 2.67 bits per heavy atom. The third-order valence-corrected chi connectivity index (χ3v) is 8.40. The van der Waals surface area contributed by atoms with Gasteiger partial charge in [-0.1, -0.05) is 18.6 Å². The van der Waals surface area contributed by atoms with Crippen molar-refractivity contribution >= 4 is 11.6 Å². The van der Waals surface area contributed by atoms with Gasteiger partial charge in [-0.3, -0.25) is 9.59 Å². The van der Waals surface area contributed by atoms with E-state index >= 15 is 4.39 Å². The number of ketones is 2. The molecule has 0 saturated heterocycles. The van der Waals surface area contributed by atoms with Crippen molar-refractivity contribution < 1.29 is 29.3 Å². The van der Waals surface area contributed by atoms with E-state index in [4.69, 9.17) is 0 Å². The highest BCUT2D eigenvalue weighted by atomic mass is 19.1. The summed E-state index contributed by atoms with van der Waals surface area (Å²) in [6, 6.07) is 0. The number of halogens is 1. The zero-order valence-electron chi connectivity index (χ0n) is 15.7. The topological polar surface area (TPSA) is 94.8 Å². The third kappa shape index (κ3) is 2.04. The van der Waals surface area contributed by atoms with E-state index in [2.05, 4.69) is 0 Å². The molecule has 0 radical (unpaired) electrons. The molecule has 148 valence electrons. The summed E-state index contributed by atoms with van der Waals surface area (Å²) in [6.45, 7) is 2.71. The van der Waals surface area contributed by atoms with Crippen LogP contribution in [0.4, 0.5) is 4.39 Å². The molecule has 0 aromatic rings. The van der Waals surface area contributed by atoms with Gasteiger partial charge >= 0.3 is 0 Å². The summed E-state index contributed by atoms with van der Waals surface area (Å²) in [5.74, 6) is -1.64. The van der Waals surface area contributed by atoms with E-state index in [1.165, 1.54) is 12.2 Å². The number of Topliss-reactive ketones (excluding diaryl/α,β-unsaturated/α-hetero) is 1. The van der Waals surface area contributed by atoms with Crippen molar-refractivity contribution in [2.24, 2.45) is 22.7 Å². The first-order valence-electron chi connectivity index (χ1n) is 9.72. The smallest absolute Gasteiger partial charge is 0.190 e. The number of hydrogen-bond acceptors (Lipinski definition) is 5. The van der Waals surface area contributed by atoms with Crippen LogP contribution < -0.4 is 0 Å². The SMILES string of the molecule is C[C@]12C=CC(=O)C=C1CC[C@@H]1[C@@H]3CC[C@](O)(C(=O)CO)[C@@]3(C)C[C@H](O)[C@@]12F. The molecular formula is C21H27FO5. The van der Waals surface area contributed by atoms with Crippen LogP contribution in [0.1, 0.15) is 46.0 Å². The van der Waals surface area contributed by atoms with Gasteiger partial charge in [0, 0.05) is 16.7 Å². The number of aliphatic hydroxyl groups is 3. The minimum absolute atomic E-state index is 0.0580. The van der Waals surface area contributed by atoms with Crippen LogP contribution in [0.2, 0.25) is 0 Å². The van der Waals surface area contributed by atoms with Crippen molar-refractivity contribution in [3.63, 3.8) is 0 Å². The lowest BCUT2D eigenvalue weighted by Crippen LogP contribution is -2.69. The second kappa shape index (κ2) is 5.58. The third-order valence-electron chi connectivity index (χ3n) is 8.40. The molecule has 0 bridgehead atoms. The van der Waals surface area contributed by atoms with Gasteiger partial charge in [0.1, 0.15) is 12.2 Å². The second-order valence-corrected chi connectivity index (χ2v) is 9.24. The summed E-state index contributed by atoms with van der Waals surface area (Å²) in [6.07, 6.45) is 4.65. The van der Waals surface area contributed by atoms with Crippen molar-refractivity contribution in [1.29, 1.82) is 0 Å². The van der Waals surface area contributed by atoms with Crippen LogP contribution in [0.15, 0.2) is 23.8 Å². The van der Waals surface area contributed by atoms with Crippen molar-refractivity contribution in [2.45, 2.75) is 63.3 Å². The molecule has 0 heterocycles. The summed E-state index contributed by atoms with van der Waals surface area (Å²) in [5, 5.41) is 31.5. The highest BCUT2D eigenvalue weighted by Crippen LogP contribution is 2.69. The molecular weight excluding hydrogens is 351 g/mol. The van der Waals surface area contributed by atoms with Crippen LogP contribution in [-0.2, 0) is 9.59 Å². The highest BCUT2D eigenvalue weighted by Gasteiger charge is 2.73. The number of hydrogen-bond donors (Lipinski definition) is 3. The van der Waals surface area contributed by atoms with Gasteiger partial charge in [-0.15, -0.1) is 0 Å². The average Bonchev–Trinajstić information content (AvgIpc) is 2.88. The molecule has 3 saturated carbocycles. The quantitative estimate of drug-likeness (QED) is 0.679. The summed E-state index contributed by atoms with van der Waals surface area (Å²) in [7, 11) is 0. The maximum Gasteiger partial charge on any atom is 0.190 e. The number of aliphatic hydroxyl groups excluding tert-OH is 2. The highest BCUT2D eigenvalue weighted by molar-refractivity contribution is 6.01. The van der Waals surface area contributed by atoms with Crippen LogP contribution in [-0.4, -0.2) is 50.9 Å². The van der Waals surface area contributed by atoms with Crippen LogP contribution in [0.3, 0.4) is 0 Å². The van der Waals surface area contributed by atoms with E-state index in [-0.39, 0.29) is 24.5 Å². The number of allylic oxidation sites excluding steroid dienone is 4. The molecule has 4 aliphatic carbocycles. The first kappa shape index (κ1) is 19.0. The van der Waals surface area contributed by atoms with Crippen LogP contribution in [0.25, 0.3) is 0 Å². The second-order valence-electron chi connectivity index (χ2n) is 9.24. The van der Waals surface area contributed by atoms with E-state index in [1.54, 1.807) is 19.9 Å². The fourth-order valence-corrected chi connectivity index (χ4v) is 6.80. The van der Waals surface area contributed by atoms with E-state index in [9.17, 15) is 24.9 Å². The minimum Gasteiger partial charge on any atom is -0.390 e. The van der Waals surface area contributed by atoms with Gasteiger partial charge < -0.3 is 15.3 Å². The fourth-order valence-electron chi connectivity index (χ4n) is 6.80. The zero-order chi connectivity index (χ0) is 19.8. The average molecular weight is 378 g/mol. The molecule has 7 atom stereocenters. The largest absolute Gasteiger partial charge is 0.390 e. The molecule has 3 fully saturated rings. The zero-order valence-corrected chi connectivity index (χ0v) is 15.7. The van der Waals surface area contributed by atoms with E-state index in [0.717, 1.165) is 0 Å². The standard InChI is InChI=1S/C21H27FO5/c1-18-7-5-13(24)9-12(18)3-4-15-14-6-8-20(27,17(26)11-23)19(14,2)10-16(25)21(15,18)22/h5,7,9,14-16,23,25,27H,3-4,6,8,10-11H2,1-2H3/t14-,15+,16-,18-,19-,20-,21-/m0/s1. The van der Waals surface area contributed by atoms with Gasteiger partial charge in [0.2, 0.25) is 0 Å². The van der Waals surface area contributed by atoms with E-state index in [0.29, 0.717) is 24.8 Å². The Hall–Kier alpha value is -1.37. The molecule has 0 spiro atoms. The molecule has 4 rings (SSSR count). The minimum atomic E-state index is -1.97. The fraction of sp³-hybridized carbons (Fsp3) is 0.714. The molecule has 0 aromatic carbocycles. The summed E-state index contributed by atoms with van der Waals surface area (Å²) < 4.78 is 16.7. The molecule has 6 heteroatoms. The first-order valence-corrected chi connectivity index (χ1v) is 9.72. The summed E-state index contributed by atoms with van der Waals surface area (Å²) >= 11 is 0. The molecule has 4 aliphatic rings. The molecule has 3 N–H and O–H groups in total. The Kier molecular flexibility index (Phi) is 3.92. The van der Waals surface area contributed by atoms with Gasteiger partial charge in [0.05, 0.1) is 6.10 Å². The summed E-state index contributed by atoms with van der Waals surface area (Å²) in [5.41, 5.74) is -5.07. The molecule has 0 unspecified atom stereocenters. The molecule has 5 nitrogen and oxygen atoms in total. The molecule has 0 aliphatic heterocycles.